The molecule has 4 rings (SSSR count). The number of hydrogen-bond donors (Lipinski definition) is 1. The molecule has 1 saturated heterocycles. The lowest BCUT2D eigenvalue weighted by molar-refractivity contribution is -0.122. The van der Waals surface area contributed by atoms with E-state index in [1.165, 1.54) is 0 Å². The van der Waals surface area contributed by atoms with E-state index in [-0.39, 0.29) is 28.0 Å². The van der Waals surface area contributed by atoms with Crippen molar-refractivity contribution in [3.8, 4) is 0 Å². The van der Waals surface area contributed by atoms with Gasteiger partial charge >= 0.3 is 6.03 Å². The highest BCUT2D eigenvalue weighted by Gasteiger charge is 2.44. The van der Waals surface area contributed by atoms with Crippen LogP contribution in [-0.4, -0.2) is 54.4 Å². The third-order valence-electron chi connectivity index (χ3n) is 5.00. The van der Waals surface area contributed by atoms with E-state index in [0.29, 0.717) is 16.9 Å². The predicted molar refractivity (Wildman–Crippen MR) is 134 cm³/mol. The molecule has 0 aromatic heterocycles. The van der Waals surface area contributed by atoms with Gasteiger partial charge in [-0.3, -0.25) is 18.7 Å². The first-order valence-corrected chi connectivity index (χ1v) is 13.0. The minimum Gasteiger partial charge on any atom is -0.307 e. The summed E-state index contributed by atoms with van der Waals surface area (Å²) in [7, 11) is -3.82. The average Bonchev–Trinajstić information content (AvgIpc) is 3.24. The number of carbonyl (C=O) groups excluding carboxylic acids is 3. The number of nitrogens with zero attached hydrogens (tertiary/aromatic N) is 2. The molecule has 2 aromatic rings. The Labute approximate surface area is 205 Å². The fourth-order valence-corrected chi connectivity index (χ4v) is 5.79. The number of fused-ring (bicyclic) bond motifs is 1. The lowest BCUT2D eigenvalue weighted by atomic mass is 10.1. The van der Waals surface area contributed by atoms with Gasteiger partial charge in [-0.05, 0) is 25.1 Å². The van der Waals surface area contributed by atoms with Crippen molar-refractivity contribution in [1.82, 2.24) is 4.90 Å². The zero-order valence-corrected chi connectivity index (χ0v) is 20.3. The van der Waals surface area contributed by atoms with Crippen LogP contribution in [0.5, 0.6) is 0 Å². The molecule has 1 N–H and O–H groups in total. The number of thioether (sulfide) groups is 1. The number of imide groups is 1. The van der Waals surface area contributed by atoms with E-state index in [1.54, 1.807) is 61.5 Å². The number of benzene rings is 2. The summed E-state index contributed by atoms with van der Waals surface area (Å²) in [5.74, 6) is -1.70. The Balaban J connectivity index is 1.65. The number of amides is 4. The summed E-state index contributed by atoms with van der Waals surface area (Å²) in [5.41, 5.74) is 1.30. The van der Waals surface area contributed by atoms with Crippen LogP contribution in [0, 0.1) is 0 Å². The lowest BCUT2D eigenvalue weighted by Crippen LogP contribution is -2.37. The van der Waals surface area contributed by atoms with Gasteiger partial charge in [-0.25, -0.2) is 9.69 Å². The molecule has 4 amide bonds. The lowest BCUT2D eigenvalue weighted by Gasteiger charge is -2.16. The molecule has 0 atom stereocenters. The average molecular weight is 518 g/mol. The van der Waals surface area contributed by atoms with Crippen molar-refractivity contribution in [2.75, 3.05) is 29.1 Å². The molecule has 0 unspecified atom stereocenters. The maximum absolute atomic E-state index is 13.4. The number of thiocarbonyl (C=S) groups is 1. The maximum atomic E-state index is 13.4. The highest BCUT2D eigenvalue weighted by atomic mass is 32.2. The summed E-state index contributed by atoms with van der Waals surface area (Å²) in [6, 6.07) is 14.6. The van der Waals surface area contributed by atoms with E-state index >= 15 is 0 Å². The number of para-hydroxylation sites is 2. The third-order valence-corrected chi connectivity index (χ3v) is 7.72. The summed E-state index contributed by atoms with van der Waals surface area (Å²) in [6.45, 7) is 1.32. The molecule has 0 spiro atoms. The van der Waals surface area contributed by atoms with E-state index < -0.39 is 33.7 Å². The third kappa shape index (κ3) is 4.62. The Morgan fingerprint density at radius 2 is 1.74 bits per heavy atom. The molecule has 9 nitrogen and oxygen atoms in total. The van der Waals surface area contributed by atoms with Crippen LogP contribution in [0.15, 0.2) is 59.5 Å². The first-order chi connectivity index (χ1) is 16.2. The van der Waals surface area contributed by atoms with Gasteiger partial charge in [0.25, 0.3) is 21.9 Å². The Morgan fingerprint density at radius 3 is 2.44 bits per heavy atom. The maximum Gasteiger partial charge on any atom is 0.333 e. The molecule has 34 heavy (non-hydrogen) atoms. The van der Waals surface area contributed by atoms with Gasteiger partial charge in [0, 0.05) is 17.8 Å². The quantitative estimate of drug-likeness (QED) is 0.353. The Hall–Kier alpha value is -3.06. The molecule has 1 fully saturated rings. The van der Waals surface area contributed by atoms with Gasteiger partial charge in [-0.1, -0.05) is 60.4 Å². The van der Waals surface area contributed by atoms with E-state index in [0.717, 1.165) is 21.6 Å². The number of rotatable bonds is 6. The second-order valence-electron chi connectivity index (χ2n) is 7.15. The fourth-order valence-electron chi connectivity index (χ4n) is 3.52. The molecule has 2 aliphatic rings. The van der Waals surface area contributed by atoms with Crippen molar-refractivity contribution in [1.29, 1.82) is 0 Å². The summed E-state index contributed by atoms with van der Waals surface area (Å²) in [5, 5.41) is 2.68. The molecule has 176 valence electrons. The number of carbonyl (C=O) groups is 3. The number of hydrogen-bond acceptors (Lipinski definition) is 8. The second kappa shape index (κ2) is 9.66. The summed E-state index contributed by atoms with van der Waals surface area (Å²) < 4.78 is 28.6. The molecule has 2 aromatic carbocycles. The zero-order chi connectivity index (χ0) is 24.5. The summed E-state index contributed by atoms with van der Waals surface area (Å²) in [4.78, 5) is 41.7. The summed E-state index contributed by atoms with van der Waals surface area (Å²) in [6.07, 6.45) is 0. The van der Waals surface area contributed by atoms with Crippen molar-refractivity contribution in [2.45, 2.75) is 6.92 Å². The molecule has 0 saturated carbocycles. The van der Waals surface area contributed by atoms with Gasteiger partial charge in [-0.2, -0.15) is 8.42 Å². The molecular formula is C22H19N3O6S3. The van der Waals surface area contributed by atoms with Crippen molar-refractivity contribution in [2.24, 2.45) is 0 Å². The van der Waals surface area contributed by atoms with E-state index in [2.05, 4.69) is 5.32 Å². The van der Waals surface area contributed by atoms with Gasteiger partial charge in [-0.15, -0.1) is 0 Å². The van der Waals surface area contributed by atoms with Crippen LogP contribution >= 0.6 is 24.0 Å². The molecule has 0 bridgehead atoms. The molecule has 0 aliphatic carbocycles. The van der Waals surface area contributed by atoms with Crippen LogP contribution in [0.2, 0.25) is 0 Å². The number of nitrogens with one attached hydrogen (secondary N) is 1. The highest BCUT2D eigenvalue weighted by Crippen LogP contribution is 2.44. The first-order valence-electron chi connectivity index (χ1n) is 10.2. The van der Waals surface area contributed by atoms with Crippen LogP contribution in [0.3, 0.4) is 0 Å². The van der Waals surface area contributed by atoms with Crippen LogP contribution in [0.4, 0.5) is 16.2 Å². The van der Waals surface area contributed by atoms with Crippen LogP contribution < -0.4 is 10.2 Å². The largest absolute Gasteiger partial charge is 0.333 e. The minimum atomic E-state index is -3.82. The van der Waals surface area contributed by atoms with Crippen molar-refractivity contribution in [3.63, 3.8) is 0 Å². The standard InChI is InChI=1S/C22H19N3O6S3/c1-2-31-34(29,30)13-12-24-20(27)18(33-22(24)32)17-15-10-6-7-11-16(15)25(19(17)26)21(28)23-14-8-4-3-5-9-14/h3-11H,2,12-13H2,1H3,(H,23,28)/b18-17+. The van der Waals surface area contributed by atoms with Crippen molar-refractivity contribution in [3.05, 3.63) is 65.1 Å². The molecular weight excluding hydrogens is 498 g/mol. The van der Waals surface area contributed by atoms with Gasteiger partial charge in [0.05, 0.1) is 28.5 Å². The highest BCUT2D eigenvalue weighted by molar-refractivity contribution is 8.26. The molecule has 2 heterocycles. The number of urea groups is 1. The van der Waals surface area contributed by atoms with Gasteiger partial charge in [0.2, 0.25) is 0 Å². The van der Waals surface area contributed by atoms with E-state index in [9.17, 15) is 22.8 Å². The summed E-state index contributed by atoms with van der Waals surface area (Å²) >= 11 is 6.18. The zero-order valence-electron chi connectivity index (χ0n) is 17.9. The Bertz CT molecular complexity index is 1320. The first kappa shape index (κ1) is 24.1. The smallest absolute Gasteiger partial charge is 0.307 e. The predicted octanol–water partition coefficient (Wildman–Crippen LogP) is 3.20. The second-order valence-corrected chi connectivity index (χ2v) is 10.6. The van der Waals surface area contributed by atoms with Crippen molar-refractivity contribution < 1.29 is 27.0 Å². The number of anilines is 2. The SMILES string of the molecule is CCOS(=O)(=O)CCN1C(=O)/C(=C2\C(=O)N(C(=O)Nc3ccccc3)c3ccccc32)SC1=S. The fraction of sp³-hybridized carbons (Fsp3) is 0.182. The minimum absolute atomic E-state index is 0.0169. The normalized spacial score (nSPS) is 18.0. The molecule has 0 radical (unpaired) electrons. The van der Waals surface area contributed by atoms with E-state index in [4.69, 9.17) is 16.4 Å². The molecule has 2 aliphatic heterocycles. The van der Waals surface area contributed by atoms with Crippen molar-refractivity contribution >= 4 is 73.2 Å². The Kier molecular flexibility index (Phi) is 6.84. The van der Waals surface area contributed by atoms with Crippen LogP contribution in [0.1, 0.15) is 12.5 Å². The van der Waals surface area contributed by atoms with Gasteiger partial charge in [0.1, 0.15) is 4.32 Å². The Morgan fingerprint density at radius 1 is 1.06 bits per heavy atom. The van der Waals surface area contributed by atoms with Crippen LogP contribution in [-0.2, 0) is 23.9 Å². The molecule has 12 heteroatoms. The van der Waals surface area contributed by atoms with Crippen LogP contribution in [0.25, 0.3) is 5.57 Å². The van der Waals surface area contributed by atoms with Gasteiger partial charge < -0.3 is 5.32 Å². The topological polar surface area (TPSA) is 113 Å². The monoisotopic (exact) mass is 517 g/mol. The van der Waals surface area contributed by atoms with Gasteiger partial charge in [0.15, 0.2) is 0 Å². The van der Waals surface area contributed by atoms with E-state index in [1.807, 2.05) is 0 Å².